The van der Waals surface area contributed by atoms with Crippen molar-refractivity contribution in [3.8, 4) is 0 Å². The van der Waals surface area contributed by atoms with E-state index in [1.165, 1.54) is 0 Å². The van der Waals surface area contributed by atoms with Crippen LogP contribution in [0.25, 0.3) is 0 Å². The molecule has 1 atom stereocenters. The molecule has 2 fully saturated rings. The van der Waals surface area contributed by atoms with Gasteiger partial charge in [-0.25, -0.2) is 0 Å². The van der Waals surface area contributed by atoms with Crippen LogP contribution in [0.4, 0.5) is 0 Å². The first kappa shape index (κ1) is 15.0. The standard InChI is InChI=1S/C15H22N4O3/c1-11-6-16-19(7-11)13-9-18(10-13)15(21)12-5-14(20)17(8-12)3-4-22-2/h6-7,12-13H,3-5,8-10H2,1-2H3. The molecule has 3 heterocycles. The van der Waals surface area contributed by atoms with Gasteiger partial charge in [-0.3, -0.25) is 14.3 Å². The van der Waals surface area contributed by atoms with Gasteiger partial charge < -0.3 is 14.5 Å². The van der Waals surface area contributed by atoms with Crippen LogP contribution in [0.3, 0.4) is 0 Å². The molecule has 0 bridgehead atoms. The highest BCUT2D eigenvalue weighted by atomic mass is 16.5. The molecular weight excluding hydrogens is 284 g/mol. The van der Waals surface area contributed by atoms with Gasteiger partial charge in [0.05, 0.1) is 24.8 Å². The Bertz CT molecular complexity index is 565. The third-order valence-corrected chi connectivity index (χ3v) is 4.41. The highest BCUT2D eigenvalue weighted by Gasteiger charge is 2.40. The number of aryl methyl sites for hydroxylation is 1. The van der Waals surface area contributed by atoms with Crippen LogP contribution in [-0.4, -0.2) is 71.3 Å². The Labute approximate surface area is 129 Å². The van der Waals surface area contributed by atoms with E-state index in [-0.39, 0.29) is 23.8 Å². The van der Waals surface area contributed by atoms with Crippen LogP contribution in [0.15, 0.2) is 12.4 Å². The molecule has 0 N–H and O–H groups in total. The van der Waals surface area contributed by atoms with Crippen molar-refractivity contribution in [2.75, 3.05) is 39.9 Å². The molecule has 120 valence electrons. The van der Waals surface area contributed by atoms with Crippen molar-refractivity contribution in [2.24, 2.45) is 5.92 Å². The van der Waals surface area contributed by atoms with E-state index in [2.05, 4.69) is 5.10 Å². The molecule has 2 aliphatic rings. The number of rotatable bonds is 5. The van der Waals surface area contributed by atoms with E-state index in [0.717, 1.165) is 5.56 Å². The first-order chi connectivity index (χ1) is 10.6. The van der Waals surface area contributed by atoms with E-state index < -0.39 is 0 Å². The maximum absolute atomic E-state index is 12.5. The Morgan fingerprint density at radius 2 is 2.18 bits per heavy atom. The number of likely N-dealkylation sites (tertiary alicyclic amines) is 2. The van der Waals surface area contributed by atoms with E-state index in [9.17, 15) is 9.59 Å². The summed E-state index contributed by atoms with van der Waals surface area (Å²) in [6, 6.07) is 0.263. The number of methoxy groups -OCH3 is 1. The molecule has 0 spiro atoms. The molecule has 3 rings (SSSR count). The number of ether oxygens (including phenoxy) is 1. The third kappa shape index (κ3) is 2.85. The predicted octanol–water partition coefficient (Wildman–Crippen LogP) is 0.0697. The fourth-order valence-corrected chi connectivity index (χ4v) is 3.05. The molecule has 22 heavy (non-hydrogen) atoms. The summed E-state index contributed by atoms with van der Waals surface area (Å²) in [4.78, 5) is 27.9. The molecule has 1 aromatic heterocycles. The zero-order valence-electron chi connectivity index (χ0n) is 13.1. The molecular formula is C15H22N4O3. The molecule has 0 saturated carbocycles. The van der Waals surface area contributed by atoms with Gasteiger partial charge >= 0.3 is 0 Å². The summed E-state index contributed by atoms with van der Waals surface area (Å²) in [6.07, 6.45) is 4.15. The first-order valence-electron chi connectivity index (χ1n) is 7.64. The maximum Gasteiger partial charge on any atom is 0.228 e. The van der Waals surface area contributed by atoms with Crippen LogP contribution >= 0.6 is 0 Å². The minimum atomic E-state index is -0.204. The van der Waals surface area contributed by atoms with Gasteiger partial charge in [0.25, 0.3) is 0 Å². The van der Waals surface area contributed by atoms with E-state index in [4.69, 9.17) is 4.74 Å². The fraction of sp³-hybridized carbons (Fsp3) is 0.667. The molecule has 1 unspecified atom stereocenters. The molecule has 0 aromatic carbocycles. The average Bonchev–Trinajstić information content (AvgIpc) is 3.01. The van der Waals surface area contributed by atoms with Gasteiger partial charge in [-0.05, 0) is 12.5 Å². The Hall–Kier alpha value is -1.89. The Kier molecular flexibility index (Phi) is 4.15. The van der Waals surface area contributed by atoms with Crippen LogP contribution in [0.2, 0.25) is 0 Å². The lowest BCUT2D eigenvalue weighted by atomic mass is 10.0. The lowest BCUT2D eigenvalue weighted by molar-refractivity contribution is -0.141. The minimum absolute atomic E-state index is 0.0511. The number of aromatic nitrogens is 2. The van der Waals surface area contributed by atoms with Gasteiger partial charge in [0, 0.05) is 45.9 Å². The molecule has 1 aromatic rings. The largest absolute Gasteiger partial charge is 0.383 e. The van der Waals surface area contributed by atoms with Gasteiger partial charge in [0.15, 0.2) is 0 Å². The number of carbonyl (C=O) groups excluding carboxylic acids is 2. The Morgan fingerprint density at radius 1 is 1.41 bits per heavy atom. The summed E-state index contributed by atoms with van der Waals surface area (Å²) < 4.78 is 6.91. The maximum atomic E-state index is 12.5. The molecule has 0 radical (unpaired) electrons. The van der Waals surface area contributed by atoms with Gasteiger partial charge in [-0.1, -0.05) is 0 Å². The van der Waals surface area contributed by atoms with E-state index >= 15 is 0 Å². The molecule has 7 heteroatoms. The summed E-state index contributed by atoms with van der Waals surface area (Å²) >= 11 is 0. The number of carbonyl (C=O) groups is 2. The van der Waals surface area contributed by atoms with Crippen LogP contribution in [-0.2, 0) is 14.3 Å². The van der Waals surface area contributed by atoms with E-state index in [1.807, 2.05) is 28.9 Å². The van der Waals surface area contributed by atoms with Gasteiger partial charge in [-0.15, -0.1) is 0 Å². The number of amides is 2. The first-order valence-corrected chi connectivity index (χ1v) is 7.64. The zero-order chi connectivity index (χ0) is 15.7. The topological polar surface area (TPSA) is 67.7 Å². The molecule has 7 nitrogen and oxygen atoms in total. The Balaban J connectivity index is 1.50. The monoisotopic (exact) mass is 306 g/mol. The van der Waals surface area contributed by atoms with Gasteiger partial charge in [-0.2, -0.15) is 5.10 Å². The summed E-state index contributed by atoms with van der Waals surface area (Å²) in [7, 11) is 1.61. The van der Waals surface area contributed by atoms with Crippen LogP contribution in [0.5, 0.6) is 0 Å². The number of hydrogen-bond donors (Lipinski definition) is 0. The Morgan fingerprint density at radius 3 is 2.82 bits per heavy atom. The van der Waals surface area contributed by atoms with Crippen LogP contribution in [0, 0.1) is 12.8 Å². The van der Waals surface area contributed by atoms with Crippen molar-refractivity contribution in [3.05, 3.63) is 18.0 Å². The second-order valence-corrected chi connectivity index (χ2v) is 6.13. The van der Waals surface area contributed by atoms with E-state index in [1.54, 1.807) is 12.0 Å². The lowest BCUT2D eigenvalue weighted by Gasteiger charge is -2.40. The van der Waals surface area contributed by atoms with Crippen LogP contribution < -0.4 is 0 Å². The minimum Gasteiger partial charge on any atom is -0.383 e. The normalized spacial score (nSPS) is 22.3. The van der Waals surface area contributed by atoms with E-state index in [0.29, 0.717) is 39.2 Å². The zero-order valence-corrected chi connectivity index (χ0v) is 13.1. The van der Waals surface area contributed by atoms with Crippen molar-refractivity contribution in [1.82, 2.24) is 19.6 Å². The van der Waals surface area contributed by atoms with Crippen molar-refractivity contribution in [1.29, 1.82) is 0 Å². The van der Waals surface area contributed by atoms with Gasteiger partial charge in [0.1, 0.15) is 0 Å². The van der Waals surface area contributed by atoms with Crippen molar-refractivity contribution in [3.63, 3.8) is 0 Å². The smallest absolute Gasteiger partial charge is 0.228 e. The number of nitrogens with zero attached hydrogens (tertiary/aromatic N) is 4. The summed E-state index contributed by atoms with van der Waals surface area (Å²) in [5.74, 6) is -0.0618. The van der Waals surface area contributed by atoms with Crippen LogP contribution in [0.1, 0.15) is 18.0 Å². The molecule has 2 aliphatic heterocycles. The summed E-state index contributed by atoms with van der Waals surface area (Å²) in [5.41, 5.74) is 1.12. The second kappa shape index (κ2) is 6.08. The highest BCUT2D eigenvalue weighted by molar-refractivity contribution is 5.89. The molecule has 2 saturated heterocycles. The number of hydrogen-bond acceptors (Lipinski definition) is 4. The second-order valence-electron chi connectivity index (χ2n) is 6.13. The summed E-state index contributed by atoms with van der Waals surface area (Å²) in [6.45, 7) is 4.96. The molecule has 2 amide bonds. The van der Waals surface area contributed by atoms with Gasteiger partial charge in [0.2, 0.25) is 11.8 Å². The SMILES string of the molecule is COCCN1CC(C(=O)N2CC(n3cc(C)cn3)C2)CC1=O. The van der Waals surface area contributed by atoms with Crippen molar-refractivity contribution in [2.45, 2.75) is 19.4 Å². The summed E-state index contributed by atoms with van der Waals surface area (Å²) in [5, 5.41) is 4.29. The lowest BCUT2D eigenvalue weighted by Crippen LogP contribution is -2.53. The van der Waals surface area contributed by atoms with Crippen molar-refractivity contribution >= 4 is 11.8 Å². The van der Waals surface area contributed by atoms with Crippen molar-refractivity contribution < 1.29 is 14.3 Å². The highest BCUT2D eigenvalue weighted by Crippen LogP contribution is 2.26. The fourth-order valence-electron chi connectivity index (χ4n) is 3.05. The quantitative estimate of drug-likeness (QED) is 0.772. The average molecular weight is 306 g/mol. The predicted molar refractivity (Wildman–Crippen MR) is 79.1 cm³/mol. The third-order valence-electron chi connectivity index (χ3n) is 4.41. The molecule has 0 aliphatic carbocycles.